The topological polar surface area (TPSA) is 69.6 Å². The first-order valence-corrected chi connectivity index (χ1v) is 6.81. The van der Waals surface area contributed by atoms with Crippen molar-refractivity contribution < 1.29 is 14.7 Å². The first-order valence-electron chi connectivity index (χ1n) is 6.37. The molecule has 0 aromatic heterocycles. The number of amides is 1. The minimum absolute atomic E-state index is 0.137. The summed E-state index contributed by atoms with van der Waals surface area (Å²) in [5.41, 5.74) is 1.50. The maximum Gasteiger partial charge on any atom is 0.323 e. The van der Waals surface area contributed by atoms with Crippen LogP contribution >= 0.6 is 11.6 Å². The molecule has 1 aliphatic carbocycles. The van der Waals surface area contributed by atoms with E-state index in [0.29, 0.717) is 18.7 Å². The van der Waals surface area contributed by atoms with E-state index in [1.54, 1.807) is 0 Å². The molecule has 1 amide bonds. The summed E-state index contributed by atoms with van der Waals surface area (Å²) >= 11 is 6.09. The summed E-state index contributed by atoms with van der Waals surface area (Å²) in [6.07, 6.45) is 5.22. The van der Waals surface area contributed by atoms with Crippen molar-refractivity contribution in [2.45, 2.75) is 31.2 Å². The van der Waals surface area contributed by atoms with Crippen molar-refractivity contribution in [2.24, 2.45) is 0 Å². The lowest BCUT2D eigenvalue weighted by molar-refractivity contribution is -0.142. The van der Waals surface area contributed by atoms with Crippen molar-refractivity contribution in [2.75, 3.05) is 13.1 Å². The number of hydrogen-bond donors (Lipinski definition) is 2. The third-order valence-corrected chi connectivity index (χ3v) is 3.50. The van der Waals surface area contributed by atoms with E-state index in [4.69, 9.17) is 16.7 Å². The first-order chi connectivity index (χ1) is 9.04. The van der Waals surface area contributed by atoms with Crippen LogP contribution in [0.1, 0.15) is 19.8 Å². The van der Waals surface area contributed by atoms with Gasteiger partial charge in [-0.3, -0.25) is 14.5 Å². The van der Waals surface area contributed by atoms with Gasteiger partial charge in [0.05, 0.1) is 5.38 Å². The van der Waals surface area contributed by atoms with E-state index in [1.807, 2.05) is 19.1 Å². The molecule has 0 radical (unpaired) electrons. The molecule has 6 heteroatoms. The highest BCUT2D eigenvalue weighted by molar-refractivity contribution is 6.22. The number of halogens is 1. The molecule has 0 aromatic rings. The molecule has 2 N–H and O–H groups in total. The van der Waals surface area contributed by atoms with Crippen molar-refractivity contribution >= 4 is 23.5 Å². The van der Waals surface area contributed by atoms with Crippen LogP contribution in [-0.2, 0) is 9.59 Å². The summed E-state index contributed by atoms with van der Waals surface area (Å²) in [6.45, 7) is 2.41. The molecule has 2 aliphatic rings. The van der Waals surface area contributed by atoms with Crippen LogP contribution < -0.4 is 5.32 Å². The molecule has 0 saturated carbocycles. The summed E-state index contributed by atoms with van der Waals surface area (Å²) in [6, 6.07) is -0.466. The number of carbonyl (C=O) groups excluding carboxylic acids is 1. The second-order valence-corrected chi connectivity index (χ2v) is 5.23. The van der Waals surface area contributed by atoms with E-state index in [1.165, 1.54) is 4.90 Å². The predicted molar refractivity (Wildman–Crippen MR) is 71.9 cm³/mol. The molecule has 1 heterocycles. The van der Waals surface area contributed by atoms with Crippen LogP contribution in [0.15, 0.2) is 23.4 Å². The Morgan fingerprint density at radius 1 is 1.63 bits per heavy atom. The Kier molecular flexibility index (Phi) is 4.27. The fourth-order valence-electron chi connectivity index (χ4n) is 2.39. The zero-order valence-corrected chi connectivity index (χ0v) is 11.5. The highest BCUT2D eigenvalue weighted by atomic mass is 35.5. The Balaban J connectivity index is 2.28. The third-order valence-electron chi connectivity index (χ3n) is 3.20. The number of hydrogen-bond acceptors (Lipinski definition) is 3. The van der Waals surface area contributed by atoms with Gasteiger partial charge in [-0.05, 0) is 25.0 Å². The van der Waals surface area contributed by atoms with Crippen molar-refractivity contribution in [3.63, 3.8) is 0 Å². The monoisotopic (exact) mass is 284 g/mol. The number of carbonyl (C=O) groups is 2. The van der Waals surface area contributed by atoms with E-state index < -0.39 is 12.0 Å². The average Bonchev–Trinajstić information content (AvgIpc) is 2.59. The number of carboxylic acid groups (broad SMARTS) is 1. The summed E-state index contributed by atoms with van der Waals surface area (Å²) in [7, 11) is 0. The number of allylic oxidation sites excluding steroid dienone is 2. The molecule has 19 heavy (non-hydrogen) atoms. The minimum Gasteiger partial charge on any atom is -0.480 e. The predicted octanol–water partition coefficient (Wildman–Crippen LogP) is 1.10. The second-order valence-electron chi connectivity index (χ2n) is 4.67. The Morgan fingerprint density at radius 2 is 2.37 bits per heavy atom. The SMILES string of the molecule is CCCNC1C(=O)N(CC(=O)O)C2=CCC(Cl)C=C21. The van der Waals surface area contributed by atoms with Crippen molar-refractivity contribution in [3.8, 4) is 0 Å². The quantitative estimate of drug-likeness (QED) is 0.742. The van der Waals surface area contributed by atoms with Crippen LogP contribution in [0, 0.1) is 0 Å². The summed E-state index contributed by atoms with van der Waals surface area (Å²) < 4.78 is 0. The molecule has 104 valence electrons. The maximum absolute atomic E-state index is 12.3. The minimum atomic E-state index is -1.02. The lowest BCUT2D eigenvalue weighted by atomic mass is 10.00. The normalized spacial score (nSPS) is 26.0. The standard InChI is InChI=1S/C13H17ClN2O3/c1-2-5-15-12-9-6-8(14)3-4-10(9)16(13(12)19)7-11(17)18/h4,6,8,12,15H,2-3,5,7H2,1H3,(H,17,18). The molecule has 2 unspecified atom stereocenters. The van der Waals surface area contributed by atoms with Crippen molar-refractivity contribution in [3.05, 3.63) is 23.4 Å². The zero-order valence-electron chi connectivity index (χ0n) is 10.7. The van der Waals surface area contributed by atoms with Crippen molar-refractivity contribution in [1.82, 2.24) is 10.2 Å². The maximum atomic E-state index is 12.3. The number of alkyl halides is 1. The van der Waals surface area contributed by atoms with Gasteiger partial charge in [-0.2, -0.15) is 0 Å². The number of rotatable bonds is 5. The highest BCUT2D eigenvalue weighted by Crippen LogP contribution is 2.34. The molecule has 1 saturated heterocycles. The molecular formula is C13H17ClN2O3. The van der Waals surface area contributed by atoms with E-state index in [0.717, 1.165) is 12.0 Å². The number of likely N-dealkylation sites (tertiary alicyclic amines) is 1. The molecule has 1 fully saturated rings. The van der Waals surface area contributed by atoms with Gasteiger partial charge in [0, 0.05) is 5.70 Å². The molecule has 2 atom stereocenters. The van der Waals surface area contributed by atoms with Crippen LogP contribution in [0.2, 0.25) is 0 Å². The average molecular weight is 285 g/mol. The highest BCUT2D eigenvalue weighted by Gasteiger charge is 2.41. The second kappa shape index (κ2) is 5.75. The van der Waals surface area contributed by atoms with E-state index >= 15 is 0 Å². The van der Waals surface area contributed by atoms with Gasteiger partial charge in [0.1, 0.15) is 12.6 Å². The largest absolute Gasteiger partial charge is 0.480 e. The smallest absolute Gasteiger partial charge is 0.323 e. The molecular weight excluding hydrogens is 268 g/mol. The van der Waals surface area contributed by atoms with Gasteiger partial charge in [-0.15, -0.1) is 11.6 Å². The van der Waals surface area contributed by atoms with E-state index in [9.17, 15) is 9.59 Å². The van der Waals surface area contributed by atoms with Crippen molar-refractivity contribution in [1.29, 1.82) is 0 Å². The summed E-state index contributed by atoms with van der Waals surface area (Å²) in [5.74, 6) is -1.23. The van der Waals surface area contributed by atoms with Crippen LogP contribution in [0.4, 0.5) is 0 Å². The molecule has 0 aromatic carbocycles. The van der Waals surface area contributed by atoms with E-state index in [-0.39, 0.29) is 17.8 Å². The third kappa shape index (κ3) is 2.82. The summed E-state index contributed by atoms with van der Waals surface area (Å²) in [4.78, 5) is 24.5. The summed E-state index contributed by atoms with van der Waals surface area (Å²) in [5, 5.41) is 11.9. The number of carboxylic acids is 1. The zero-order chi connectivity index (χ0) is 14.0. The lowest BCUT2D eigenvalue weighted by Crippen LogP contribution is -2.40. The van der Waals surface area contributed by atoms with Crippen LogP contribution in [0.25, 0.3) is 0 Å². The number of aliphatic carboxylic acids is 1. The molecule has 5 nitrogen and oxygen atoms in total. The van der Waals surface area contributed by atoms with Gasteiger partial charge in [0.2, 0.25) is 5.91 Å². The molecule has 0 bridgehead atoms. The fraction of sp³-hybridized carbons (Fsp3) is 0.538. The number of fused-ring (bicyclic) bond motifs is 1. The van der Waals surface area contributed by atoms with Gasteiger partial charge in [0.25, 0.3) is 0 Å². The van der Waals surface area contributed by atoms with Crippen LogP contribution in [0.3, 0.4) is 0 Å². The van der Waals surface area contributed by atoms with E-state index in [2.05, 4.69) is 5.32 Å². The van der Waals surface area contributed by atoms with Gasteiger partial charge in [0.15, 0.2) is 0 Å². The molecule has 0 spiro atoms. The van der Waals surface area contributed by atoms with Gasteiger partial charge in [-0.1, -0.05) is 19.1 Å². The first kappa shape index (κ1) is 14.1. The van der Waals surface area contributed by atoms with Gasteiger partial charge in [-0.25, -0.2) is 0 Å². The molecule has 2 rings (SSSR count). The Hall–Kier alpha value is -1.33. The van der Waals surface area contributed by atoms with Crippen LogP contribution in [0.5, 0.6) is 0 Å². The lowest BCUT2D eigenvalue weighted by Gasteiger charge is -2.18. The van der Waals surface area contributed by atoms with Crippen LogP contribution in [-0.4, -0.2) is 46.4 Å². The Labute approximate surface area is 116 Å². The Bertz CT molecular complexity index is 459. The fourth-order valence-corrected chi connectivity index (χ4v) is 2.62. The Morgan fingerprint density at radius 3 is 3.00 bits per heavy atom. The number of nitrogens with zero attached hydrogens (tertiary/aromatic N) is 1. The number of nitrogens with one attached hydrogen (secondary N) is 1. The van der Waals surface area contributed by atoms with Gasteiger partial charge >= 0.3 is 5.97 Å². The molecule has 1 aliphatic heterocycles. The van der Waals surface area contributed by atoms with Gasteiger partial charge < -0.3 is 10.4 Å².